The van der Waals surface area contributed by atoms with Gasteiger partial charge >= 0.3 is 0 Å². The van der Waals surface area contributed by atoms with Crippen LogP contribution in [0.4, 0.5) is 0 Å². The van der Waals surface area contributed by atoms with Crippen molar-refractivity contribution >= 4 is 5.91 Å². The summed E-state index contributed by atoms with van der Waals surface area (Å²) in [5.41, 5.74) is 1.17. The number of amides is 1. The van der Waals surface area contributed by atoms with Crippen molar-refractivity contribution in [1.29, 1.82) is 0 Å². The topological polar surface area (TPSA) is 71.3 Å². The summed E-state index contributed by atoms with van der Waals surface area (Å²) in [6.45, 7) is 5.84. The third-order valence-corrected chi connectivity index (χ3v) is 3.79. The van der Waals surface area contributed by atoms with E-state index >= 15 is 0 Å². The lowest BCUT2D eigenvalue weighted by atomic mass is 9.93. The van der Waals surface area contributed by atoms with Gasteiger partial charge in [0.15, 0.2) is 5.82 Å². The zero-order valence-electron chi connectivity index (χ0n) is 15.6. The van der Waals surface area contributed by atoms with Crippen LogP contribution in [-0.4, -0.2) is 48.1 Å². The monoisotopic (exact) mass is 344 g/mol. The standard InChI is InChI=1S/C19H28N4O2/c1-19(2,14-23(3)4)13-20-17(24)10-11-18-21-16(22-25-18)12-15-8-6-5-7-9-15/h5-9H,10-14H2,1-4H3,(H,20,24). The average Bonchev–Trinajstić information content (AvgIpc) is 2.98. The minimum absolute atomic E-state index is 0.00893. The van der Waals surface area contributed by atoms with Gasteiger partial charge in [0.25, 0.3) is 0 Å². The van der Waals surface area contributed by atoms with Gasteiger partial charge in [0, 0.05) is 32.4 Å². The van der Waals surface area contributed by atoms with Crippen molar-refractivity contribution in [2.45, 2.75) is 33.1 Å². The second-order valence-corrected chi connectivity index (χ2v) is 7.45. The van der Waals surface area contributed by atoms with Crippen LogP contribution < -0.4 is 5.32 Å². The van der Waals surface area contributed by atoms with Gasteiger partial charge in [-0.05, 0) is 25.1 Å². The molecule has 1 amide bonds. The van der Waals surface area contributed by atoms with E-state index in [2.05, 4.69) is 34.2 Å². The Bertz CT molecular complexity index is 665. The number of hydrogen-bond donors (Lipinski definition) is 1. The Hall–Kier alpha value is -2.21. The van der Waals surface area contributed by atoms with Crippen LogP contribution in [0.5, 0.6) is 0 Å². The van der Waals surface area contributed by atoms with Crippen molar-refractivity contribution in [1.82, 2.24) is 20.4 Å². The van der Waals surface area contributed by atoms with Crippen molar-refractivity contribution in [3.63, 3.8) is 0 Å². The molecule has 0 radical (unpaired) electrons. The maximum absolute atomic E-state index is 12.0. The molecule has 1 aromatic heterocycles. The molecule has 0 atom stereocenters. The lowest BCUT2D eigenvalue weighted by Crippen LogP contribution is -2.40. The molecule has 0 fully saturated rings. The van der Waals surface area contributed by atoms with E-state index in [0.717, 1.165) is 12.1 Å². The second kappa shape index (κ2) is 8.76. The molecule has 6 nitrogen and oxygen atoms in total. The number of aryl methyl sites for hydroxylation is 1. The molecular formula is C19H28N4O2. The molecule has 0 aliphatic rings. The number of aromatic nitrogens is 2. The van der Waals surface area contributed by atoms with Gasteiger partial charge in [0.1, 0.15) is 0 Å². The molecule has 2 rings (SSSR count). The molecule has 0 aliphatic heterocycles. The van der Waals surface area contributed by atoms with E-state index in [0.29, 0.717) is 37.5 Å². The molecule has 0 saturated heterocycles. The number of rotatable bonds is 9. The first-order valence-corrected chi connectivity index (χ1v) is 8.61. The molecule has 0 bridgehead atoms. The van der Waals surface area contributed by atoms with Gasteiger partial charge in [0.05, 0.1) is 0 Å². The summed E-state index contributed by atoms with van der Waals surface area (Å²) in [7, 11) is 4.07. The summed E-state index contributed by atoms with van der Waals surface area (Å²) in [4.78, 5) is 18.5. The molecule has 0 unspecified atom stereocenters. The zero-order valence-corrected chi connectivity index (χ0v) is 15.6. The first-order chi connectivity index (χ1) is 11.8. The molecule has 0 saturated carbocycles. The van der Waals surface area contributed by atoms with Gasteiger partial charge in [-0.3, -0.25) is 4.79 Å². The van der Waals surface area contributed by atoms with Crippen LogP contribution in [0.3, 0.4) is 0 Å². The van der Waals surface area contributed by atoms with E-state index < -0.39 is 0 Å². The quantitative estimate of drug-likeness (QED) is 0.756. The Morgan fingerprint density at radius 1 is 1.24 bits per heavy atom. The highest BCUT2D eigenvalue weighted by Gasteiger charge is 2.20. The normalized spacial score (nSPS) is 11.7. The lowest BCUT2D eigenvalue weighted by molar-refractivity contribution is -0.121. The Balaban J connectivity index is 1.75. The van der Waals surface area contributed by atoms with Gasteiger partial charge in [-0.25, -0.2) is 0 Å². The fraction of sp³-hybridized carbons (Fsp3) is 0.526. The Morgan fingerprint density at radius 3 is 2.64 bits per heavy atom. The van der Waals surface area contributed by atoms with Crippen molar-refractivity contribution in [2.75, 3.05) is 27.2 Å². The third kappa shape index (κ3) is 7.05. The van der Waals surface area contributed by atoms with E-state index in [9.17, 15) is 4.79 Å². The first-order valence-electron chi connectivity index (χ1n) is 8.61. The van der Waals surface area contributed by atoms with Crippen LogP contribution in [-0.2, 0) is 17.6 Å². The fourth-order valence-corrected chi connectivity index (χ4v) is 2.80. The second-order valence-electron chi connectivity index (χ2n) is 7.45. The number of nitrogens with zero attached hydrogens (tertiary/aromatic N) is 3. The highest BCUT2D eigenvalue weighted by atomic mass is 16.5. The third-order valence-electron chi connectivity index (χ3n) is 3.79. The summed E-state index contributed by atoms with van der Waals surface area (Å²) in [6.07, 6.45) is 1.45. The molecule has 2 aromatic rings. The van der Waals surface area contributed by atoms with Gasteiger partial charge in [0.2, 0.25) is 11.8 Å². The van der Waals surface area contributed by atoms with Crippen molar-refractivity contribution < 1.29 is 9.32 Å². The average molecular weight is 344 g/mol. The number of carbonyl (C=O) groups excluding carboxylic acids is 1. The lowest BCUT2D eigenvalue weighted by Gasteiger charge is -2.28. The SMILES string of the molecule is CN(C)CC(C)(C)CNC(=O)CCc1nc(Cc2ccccc2)no1. The molecule has 1 aromatic carbocycles. The molecular weight excluding hydrogens is 316 g/mol. The predicted molar refractivity (Wildman–Crippen MR) is 97.2 cm³/mol. The summed E-state index contributed by atoms with van der Waals surface area (Å²) in [5.74, 6) is 1.16. The maximum atomic E-state index is 12.0. The van der Waals surface area contributed by atoms with Gasteiger partial charge in [-0.15, -0.1) is 0 Å². The highest BCUT2D eigenvalue weighted by molar-refractivity contribution is 5.76. The molecule has 0 spiro atoms. The predicted octanol–water partition coefficient (Wildman–Crippen LogP) is 2.30. The summed E-state index contributed by atoms with van der Waals surface area (Å²) >= 11 is 0. The maximum Gasteiger partial charge on any atom is 0.227 e. The number of benzene rings is 1. The van der Waals surface area contributed by atoms with E-state index in [1.807, 2.05) is 44.4 Å². The summed E-state index contributed by atoms with van der Waals surface area (Å²) in [5, 5.41) is 6.97. The molecule has 6 heteroatoms. The van der Waals surface area contributed by atoms with Crippen LogP contribution in [0.15, 0.2) is 34.9 Å². The molecule has 0 aliphatic carbocycles. The zero-order chi connectivity index (χ0) is 18.3. The molecule has 1 heterocycles. The van der Waals surface area contributed by atoms with E-state index in [-0.39, 0.29) is 11.3 Å². The molecule has 1 N–H and O–H groups in total. The van der Waals surface area contributed by atoms with Crippen LogP contribution in [0.25, 0.3) is 0 Å². The largest absolute Gasteiger partial charge is 0.356 e. The van der Waals surface area contributed by atoms with Crippen LogP contribution in [0.1, 0.15) is 37.5 Å². The van der Waals surface area contributed by atoms with Crippen molar-refractivity contribution in [3.8, 4) is 0 Å². The Labute approximate surface area is 149 Å². The van der Waals surface area contributed by atoms with Crippen LogP contribution in [0, 0.1) is 5.41 Å². The number of hydrogen-bond acceptors (Lipinski definition) is 5. The van der Waals surface area contributed by atoms with E-state index in [1.54, 1.807) is 0 Å². The Kier molecular flexibility index (Phi) is 6.70. The summed E-state index contributed by atoms with van der Waals surface area (Å²) in [6, 6.07) is 10.00. The van der Waals surface area contributed by atoms with Gasteiger partial charge < -0.3 is 14.7 Å². The smallest absolute Gasteiger partial charge is 0.227 e. The highest BCUT2D eigenvalue weighted by Crippen LogP contribution is 2.14. The van der Waals surface area contributed by atoms with E-state index in [1.165, 1.54) is 0 Å². The first kappa shape index (κ1) is 19.1. The van der Waals surface area contributed by atoms with Crippen LogP contribution >= 0.6 is 0 Å². The minimum atomic E-state index is 0.00893. The van der Waals surface area contributed by atoms with Gasteiger partial charge in [-0.1, -0.05) is 49.3 Å². The van der Waals surface area contributed by atoms with Crippen molar-refractivity contribution in [3.05, 3.63) is 47.6 Å². The minimum Gasteiger partial charge on any atom is -0.356 e. The Morgan fingerprint density at radius 2 is 1.96 bits per heavy atom. The molecule has 136 valence electrons. The molecule has 25 heavy (non-hydrogen) atoms. The van der Waals surface area contributed by atoms with Crippen LogP contribution in [0.2, 0.25) is 0 Å². The fourth-order valence-electron chi connectivity index (χ4n) is 2.80. The van der Waals surface area contributed by atoms with Gasteiger partial charge in [-0.2, -0.15) is 4.98 Å². The van der Waals surface area contributed by atoms with E-state index in [4.69, 9.17) is 4.52 Å². The van der Waals surface area contributed by atoms with Crippen molar-refractivity contribution in [2.24, 2.45) is 5.41 Å². The number of nitrogens with one attached hydrogen (secondary N) is 1. The number of carbonyl (C=O) groups is 1. The summed E-state index contributed by atoms with van der Waals surface area (Å²) < 4.78 is 5.24.